The molecule has 0 saturated carbocycles. The average Bonchev–Trinajstić information content (AvgIpc) is 2.37. The number of nitrogens with one attached hydrogen (secondary N) is 1. The summed E-state index contributed by atoms with van der Waals surface area (Å²) in [5.41, 5.74) is 3.30. The monoisotopic (exact) mass is 310 g/mol. The van der Waals surface area contributed by atoms with E-state index >= 15 is 0 Å². The van der Waals surface area contributed by atoms with E-state index in [1.54, 1.807) is 13.8 Å². The highest BCUT2D eigenvalue weighted by molar-refractivity contribution is 7.89. The molecular weight excluding hydrogens is 293 g/mol. The molecule has 1 aromatic carbocycles. The van der Waals surface area contributed by atoms with Gasteiger partial charge in [0.05, 0.1) is 10.5 Å². The van der Waals surface area contributed by atoms with E-state index in [9.17, 15) is 21.6 Å². The summed E-state index contributed by atoms with van der Waals surface area (Å²) in [6.07, 6.45) is -4.38. The molecule has 4 nitrogen and oxygen atoms in total. The maximum Gasteiger partial charge on any atom is 0.417 e. The fourth-order valence-electron chi connectivity index (χ4n) is 1.57. The quantitative estimate of drug-likeness (QED) is 0.875. The van der Waals surface area contributed by atoms with E-state index in [-0.39, 0.29) is 6.54 Å². The van der Waals surface area contributed by atoms with Crippen molar-refractivity contribution in [2.45, 2.75) is 36.9 Å². The number of benzene rings is 1. The zero-order valence-electron chi connectivity index (χ0n) is 11.2. The minimum atomic E-state index is -4.74. The number of halogens is 3. The smallest absolute Gasteiger partial charge is 0.329 e. The summed E-state index contributed by atoms with van der Waals surface area (Å²) in [6.45, 7) is 3.22. The first-order valence-electron chi connectivity index (χ1n) is 5.96. The Hall–Kier alpha value is -1.12. The Bertz CT molecular complexity index is 566. The lowest BCUT2D eigenvalue weighted by atomic mass is 10.0. The van der Waals surface area contributed by atoms with E-state index in [0.29, 0.717) is 6.42 Å². The summed E-state index contributed by atoms with van der Waals surface area (Å²) < 4.78 is 65.2. The van der Waals surface area contributed by atoms with Crippen molar-refractivity contribution in [2.24, 2.45) is 5.73 Å². The zero-order chi connectivity index (χ0) is 15.6. The van der Waals surface area contributed by atoms with Gasteiger partial charge in [-0.25, -0.2) is 13.1 Å². The van der Waals surface area contributed by atoms with Gasteiger partial charge in [0.1, 0.15) is 0 Å². The standard InChI is InChI=1S/C12H17F3N2O2S/c1-3-11(2,8-16)17-20(18,19)10-7-5-4-6-9(10)12(13,14)15/h4-7,17H,3,8,16H2,1-2H3. The molecule has 0 bridgehead atoms. The summed E-state index contributed by atoms with van der Waals surface area (Å²) >= 11 is 0. The molecule has 0 spiro atoms. The van der Waals surface area contributed by atoms with E-state index in [1.807, 2.05) is 0 Å². The Balaban J connectivity index is 3.31. The van der Waals surface area contributed by atoms with Gasteiger partial charge >= 0.3 is 6.18 Å². The molecule has 3 N–H and O–H groups in total. The maximum atomic E-state index is 12.9. The Morgan fingerprint density at radius 2 is 1.80 bits per heavy atom. The molecule has 0 saturated heterocycles. The maximum absolute atomic E-state index is 12.9. The fraction of sp³-hybridized carbons (Fsp3) is 0.500. The third-order valence-corrected chi connectivity index (χ3v) is 4.79. The van der Waals surface area contributed by atoms with Gasteiger partial charge in [0.15, 0.2) is 0 Å². The molecule has 1 atom stereocenters. The summed E-state index contributed by atoms with van der Waals surface area (Å²) in [5.74, 6) is 0. The van der Waals surface area contributed by atoms with Crippen LogP contribution in [-0.2, 0) is 16.2 Å². The Morgan fingerprint density at radius 1 is 1.25 bits per heavy atom. The van der Waals surface area contributed by atoms with Crippen molar-refractivity contribution in [3.8, 4) is 0 Å². The van der Waals surface area contributed by atoms with Gasteiger partial charge in [-0.3, -0.25) is 0 Å². The van der Waals surface area contributed by atoms with E-state index in [1.165, 1.54) is 6.07 Å². The Kier molecular flexibility index (Phi) is 4.83. The lowest BCUT2D eigenvalue weighted by molar-refractivity contribution is -0.139. The molecule has 0 aliphatic heterocycles. The van der Waals surface area contributed by atoms with Gasteiger partial charge in [-0.15, -0.1) is 0 Å². The summed E-state index contributed by atoms with van der Waals surface area (Å²) in [7, 11) is -4.31. The number of rotatable bonds is 5. The van der Waals surface area contributed by atoms with E-state index in [4.69, 9.17) is 5.73 Å². The Morgan fingerprint density at radius 3 is 2.25 bits per heavy atom. The first kappa shape index (κ1) is 16.9. The SMILES string of the molecule is CCC(C)(CN)NS(=O)(=O)c1ccccc1C(F)(F)F. The predicted molar refractivity (Wildman–Crippen MR) is 69.5 cm³/mol. The molecule has 0 fully saturated rings. The highest BCUT2D eigenvalue weighted by atomic mass is 32.2. The molecule has 8 heteroatoms. The van der Waals surface area contributed by atoms with Gasteiger partial charge in [-0.2, -0.15) is 13.2 Å². The zero-order valence-corrected chi connectivity index (χ0v) is 12.0. The van der Waals surface area contributed by atoms with Crippen LogP contribution >= 0.6 is 0 Å². The molecule has 0 aromatic heterocycles. The fourth-order valence-corrected chi connectivity index (χ4v) is 3.29. The van der Waals surface area contributed by atoms with E-state index in [0.717, 1.165) is 18.2 Å². The van der Waals surface area contributed by atoms with Crippen molar-refractivity contribution in [3.05, 3.63) is 29.8 Å². The average molecular weight is 310 g/mol. The molecule has 0 radical (unpaired) electrons. The number of hydrogen-bond donors (Lipinski definition) is 2. The van der Waals surface area contributed by atoms with Crippen LogP contribution in [0, 0.1) is 0 Å². The highest BCUT2D eigenvalue weighted by Crippen LogP contribution is 2.34. The summed E-state index contributed by atoms with van der Waals surface area (Å²) in [6, 6.07) is 4.05. The minimum absolute atomic E-state index is 0.0169. The Labute approximate surface area is 116 Å². The van der Waals surface area contributed by atoms with Crippen molar-refractivity contribution in [3.63, 3.8) is 0 Å². The highest BCUT2D eigenvalue weighted by Gasteiger charge is 2.38. The summed E-state index contributed by atoms with van der Waals surface area (Å²) in [5, 5.41) is 0. The second-order valence-corrected chi connectivity index (χ2v) is 6.37. The van der Waals surface area contributed by atoms with Crippen LogP contribution in [0.25, 0.3) is 0 Å². The number of nitrogens with two attached hydrogens (primary N) is 1. The van der Waals surface area contributed by atoms with Gasteiger partial charge in [0.25, 0.3) is 0 Å². The lowest BCUT2D eigenvalue weighted by Crippen LogP contribution is -2.50. The van der Waals surface area contributed by atoms with Gasteiger partial charge in [0.2, 0.25) is 10.0 Å². The van der Waals surface area contributed by atoms with E-state index < -0.39 is 32.2 Å². The number of sulfonamides is 1. The summed E-state index contributed by atoms with van der Waals surface area (Å²) in [4.78, 5) is -0.791. The number of alkyl halides is 3. The third kappa shape index (κ3) is 3.71. The molecular formula is C12H17F3N2O2S. The van der Waals surface area contributed by atoms with Crippen LogP contribution in [0.15, 0.2) is 29.2 Å². The van der Waals surface area contributed by atoms with Crippen LogP contribution < -0.4 is 10.5 Å². The minimum Gasteiger partial charge on any atom is -0.329 e. The first-order valence-corrected chi connectivity index (χ1v) is 7.44. The van der Waals surface area contributed by atoms with Crippen molar-refractivity contribution in [1.82, 2.24) is 4.72 Å². The first-order chi connectivity index (χ1) is 9.06. The molecule has 1 unspecified atom stereocenters. The van der Waals surface area contributed by atoms with Gasteiger partial charge in [0, 0.05) is 12.1 Å². The van der Waals surface area contributed by atoms with Crippen molar-refractivity contribution >= 4 is 10.0 Å². The lowest BCUT2D eigenvalue weighted by Gasteiger charge is -2.28. The molecule has 0 heterocycles. The second kappa shape index (κ2) is 5.71. The van der Waals surface area contributed by atoms with Crippen molar-refractivity contribution in [2.75, 3.05) is 6.54 Å². The predicted octanol–water partition coefficient (Wildman–Crippen LogP) is 2.11. The van der Waals surface area contributed by atoms with Gasteiger partial charge < -0.3 is 5.73 Å². The van der Waals surface area contributed by atoms with Gasteiger partial charge in [-0.1, -0.05) is 19.1 Å². The van der Waals surface area contributed by atoms with Crippen LogP contribution in [0.1, 0.15) is 25.8 Å². The normalized spacial score (nSPS) is 15.9. The van der Waals surface area contributed by atoms with Crippen molar-refractivity contribution in [1.29, 1.82) is 0 Å². The van der Waals surface area contributed by atoms with Crippen LogP contribution in [-0.4, -0.2) is 20.5 Å². The molecule has 0 aliphatic carbocycles. The molecule has 0 amide bonds. The topological polar surface area (TPSA) is 72.2 Å². The van der Waals surface area contributed by atoms with E-state index in [2.05, 4.69) is 4.72 Å². The van der Waals surface area contributed by atoms with Gasteiger partial charge in [-0.05, 0) is 25.5 Å². The van der Waals surface area contributed by atoms with Crippen molar-refractivity contribution < 1.29 is 21.6 Å². The van der Waals surface area contributed by atoms with Crippen LogP contribution in [0.2, 0.25) is 0 Å². The molecule has 20 heavy (non-hydrogen) atoms. The second-order valence-electron chi connectivity index (χ2n) is 4.72. The van der Waals surface area contributed by atoms with Crippen LogP contribution in [0.3, 0.4) is 0 Å². The van der Waals surface area contributed by atoms with Crippen LogP contribution in [0.5, 0.6) is 0 Å². The molecule has 114 valence electrons. The molecule has 1 rings (SSSR count). The van der Waals surface area contributed by atoms with Crippen LogP contribution in [0.4, 0.5) is 13.2 Å². The molecule has 1 aromatic rings. The number of hydrogen-bond acceptors (Lipinski definition) is 3. The third-order valence-electron chi connectivity index (χ3n) is 3.09. The largest absolute Gasteiger partial charge is 0.417 e. The molecule has 0 aliphatic rings.